The average Bonchev–Trinajstić information content (AvgIpc) is 3.09. The number of aryl methyl sites for hydroxylation is 2. The first-order chi connectivity index (χ1) is 9.31. The Labute approximate surface area is 123 Å². The van der Waals surface area contributed by atoms with E-state index in [2.05, 4.69) is 61.7 Å². The fraction of sp³-hybridized carbons (Fsp3) is 0.812. The van der Waals surface area contributed by atoms with E-state index in [1.807, 2.05) is 0 Å². The third-order valence-corrected chi connectivity index (χ3v) is 3.97. The first kappa shape index (κ1) is 15.4. The number of hydrogen-bond acceptors (Lipinski definition) is 3. The SMILES string of the molecule is CCN(CC1CC1)c1c(CNC(C)(C)C)c(C)nn1C. The molecule has 0 amide bonds. The Morgan fingerprint density at radius 1 is 1.35 bits per heavy atom. The van der Waals surface area contributed by atoms with Gasteiger partial charge in [0.15, 0.2) is 0 Å². The molecule has 2 rings (SSSR count). The van der Waals surface area contributed by atoms with Crippen molar-refractivity contribution in [3.63, 3.8) is 0 Å². The van der Waals surface area contributed by atoms with Crippen LogP contribution in [0.2, 0.25) is 0 Å². The summed E-state index contributed by atoms with van der Waals surface area (Å²) in [6, 6.07) is 0. The summed E-state index contributed by atoms with van der Waals surface area (Å²) in [5, 5.41) is 8.24. The van der Waals surface area contributed by atoms with Crippen molar-refractivity contribution < 1.29 is 0 Å². The lowest BCUT2D eigenvalue weighted by atomic mass is 10.1. The summed E-state index contributed by atoms with van der Waals surface area (Å²) in [5.41, 5.74) is 2.63. The Balaban J connectivity index is 2.20. The van der Waals surface area contributed by atoms with E-state index in [-0.39, 0.29) is 5.54 Å². The molecule has 4 heteroatoms. The first-order valence-corrected chi connectivity index (χ1v) is 7.84. The van der Waals surface area contributed by atoms with Crippen molar-refractivity contribution in [3.05, 3.63) is 11.3 Å². The molecule has 1 fully saturated rings. The maximum absolute atomic E-state index is 4.64. The second-order valence-corrected chi connectivity index (χ2v) is 7.10. The molecule has 0 bridgehead atoms. The van der Waals surface area contributed by atoms with Gasteiger partial charge in [0.25, 0.3) is 0 Å². The summed E-state index contributed by atoms with van der Waals surface area (Å²) < 4.78 is 2.06. The minimum absolute atomic E-state index is 0.132. The number of rotatable bonds is 6. The van der Waals surface area contributed by atoms with Gasteiger partial charge in [-0.05, 0) is 53.4 Å². The lowest BCUT2D eigenvalue weighted by Crippen LogP contribution is -2.36. The Hall–Kier alpha value is -1.03. The van der Waals surface area contributed by atoms with Crippen LogP contribution in [0.3, 0.4) is 0 Å². The van der Waals surface area contributed by atoms with E-state index >= 15 is 0 Å². The highest BCUT2D eigenvalue weighted by molar-refractivity contribution is 5.50. The molecule has 1 aromatic rings. The number of nitrogens with zero attached hydrogens (tertiary/aromatic N) is 3. The van der Waals surface area contributed by atoms with Crippen LogP contribution in [0.15, 0.2) is 0 Å². The molecule has 0 aliphatic heterocycles. The summed E-state index contributed by atoms with van der Waals surface area (Å²) in [4.78, 5) is 2.50. The van der Waals surface area contributed by atoms with Crippen LogP contribution in [0.25, 0.3) is 0 Å². The molecule has 0 unspecified atom stereocenters. The number of anilines is 1. The van der Waals surface area contributed by atoms with E-state index in [1.54, 1.807) is 0 Å². The van der Waals surface area contributed by atoms with E-state index in [9.17, 15) is 0 Å². The molecular formula is C16H30N4. The molecule has 4 nitrogen and oxygen atoms in total. The molecule has 0 radical (unpaired) electrons. The van der Waals surface area contributed by atoms with Crippen LogP contribution in [0, 0.1) is 12.8 Å². The van der Waals surface area contributed by atoms with Crippen LogP contribution in [0.5, 0.6) is 0 Å². The fourth-order valence-electron chi connectivity index (χ4n) is 2.62. The van der Waals surface area contributed by atoms with Gasteiger partial charge in [-0.25, -0.2) is 0 Å². The average molecular weight is 278 g/mol. The molecule has 1 N–H and O–H groups in total. The van der Waals surface area contributed by atoms with Gasteiger partial charge in [-0.1, -0.05) is 0 Å². The van der Waals surface area contributed by atoms with Gasteiger partial charge in [-0.3, -0.25) is 4.68 Å². The second-order valence-electron chi connectivity index (χ2n) is 7.10. The van der Waals surface area contributed by atoms with Gasteiger partial charge in [-0.2, -0.15) is 5.10 Å². The molecule has 1 heterocycles. The maximum atomic E-state index is 4.64. The molecule has 114 valence electrons. The summed E-state index contributed by atoms with van der Waals surface area (Å²) in [7, 11) is 2.07. The van der Waals surface area contributed by atoms with Crippen LogP contribution >= 0.6 is 0 Å². The van der Waals surface area contributed by atoms with Crippen LogP contribution in [-0.4, -0.2) is 28.4 Å². The van der Waals surface area contributed by atoms with Gasteiger partial charge < -0.3 is 10.2 Å². The van der Waals surface area contributed by atoms with E-state index in [4.69, 9.17) is 0 Å². The van der Waals surface area contributed by atoms with E-state index in [1.165, 1.54) is 30.8 Å². The Kier molecular flexibility index (Phi) is 4.43. The maximum Gasteiger partial charge on any atom is 0.131 e. The number of hydrogen-bond donors (Lipinski definition) is 1. The van der Waals surface area contributed by atoms with Gasteiger partial charge in [0, 0.05) is 37.8 Å². The Morgan fingerprint density at radius 2 is 2.00 bits per heavy atom. The highest BCUT2D eigenvalue weighted by Crippen LogP contribution is 2.33. The lowest BCUT2D eigenvalue weighted by molar-refractivity contribution is 0.423. The van der Waals surface area contributed by atoms with Crippen molar-refractivity contribution in [3.8, 4) is 0 Å². The third kappa shape index (κ3) is 3.75. The molecule has 0 atom stereocenters. The molecule has 1 aromatic heterocycles. The van der Waals surface area contributed by atoms with Gasteiger partial charge in [0.05, 0.1) is 5.69 Å². The normalized spacial score (nSPS) is 15.7. The minimum atomic E-state index is 0.132. The predicted molar refractivity (Wildman–Crippen MR) is 85.1 cm³/mol. The number of aromatic nitrogens is 2. The minimum Gasteiger partial charge on any atom is -0.357 e. The fourth-order valence-corrected chi connectivity index (χ4v) is 2.62. The van der Waals surface area contributed by atoms with Gasteiger partial charge >= 0.3 is 0 Å². The molecular weight excluding hydrogens is 248 g/mol. The van der Waals surface area contributed by atoms with Crippen LogP contribution in [0.1, 0.15) is 51.8 Å². The number of nitrogens with one attached hydrogen (secondary N) is 1. The summed E-state index contributed by atoms with van der Waals surface area (Å²) in [6.07, 6.45) is 2.78. The molecule has 1 saturated carbocycles. The molecule has 0 aromatic carbocycles. The molecule has 0 saturated heterocycles. The Morgan fingerprint density at radius 3 is 2.50 bits per heavy atom. The van der Waals surface area contributed by atoms with Crippen molar-refractivity contribution in [2.45, 2.75) is 59.5 Å². The summed E-state index contributed by atoms with van der Waals surface area (Å²) >= 11 is 0. The van der Waals surface area contributed by atoms with Gasteiger partial charge in [0.1, 0.15) is 5.82 Å². The van der Waals surface area contributed by atoms with Crippen LogP contribution in [0.4, 0.5) is 5.82 Å². The topological polar surface area (TPSA) is 33.1 Å². The smallest absolute Gasteiger partial charge is 0.131 e. The second kappa shape index (κ2) is 5.76. The van der Waals surface area contributed by atoms with E-state index in [0.29, 0.717) is 0 Å². The van der Waals surface area contributed by atoms with Gasteiger partial charge in [0.2, 0.25) is 0 Å². The zero-order valence-corrected chi connectivity index (χ0v) is 14.0. The summed E-state index contributed by atoms with van der Waals surface area (Å²) in [6.45, 7) is 14.1. The van der Waals surface area contributed by atoms with E-state index < -0.39 is 0 Å². The quantitative estimate of drug-likeness (QED) is 0.868. The van der Waals surface area contributed by atoms with Crippen molar-refractivity contribution >= 4 is 5.82 Å². The third-order valence-electron chi connectivity index (χ3n) is 3.97. The van der Waals surface area contributed by atoms with E-state index in [0.717, 1.165) is 24.7 Å². The highest BCUT2D eigenvalue weighted by Gasteiger charge is 2.27. The highest BCUT2D eigenvalue weighted by atomic mass is 15.4. The van der Waals surface area contributed by atoms with Crippen LogP contribution in [-0.2, 0) is 13.6 Å². The predicted octanol–water partition coefficient (Wildman–Crippen LogP) is 2.85. The van der Waals surface area contributed by atoms with Crippen LogP contribution < -0.4 is 10.2 Å². The van der Waals surface area contributed by atoms with Crippen molar-refractivity contribution in [2.24, 2.45) is 13.0 Å². The molecule has 1 aliphatic carbocycles. The molecule has 20 heavy (non-hydrogen) atoms. The zero-order valence-electron chi connectivity index (χ0n) is 14.0. The molecule has 1 aliphatic rings. The zero-order chi connectivity index (χ0) is 14.9. The standard InChI is InChI=1S/C16H30N4/c1-7-20(11-13-8-9-13)15-14(10-17-16(3,4)5)12(2)18-19(15)6/h13,17H,7-11H2,1-6H3. The Bertz CT molecular complexity index is 452. The monoisotopic (exact) mass is 278 g/mol. The summed E-state index contributed by atoms with van der Waals surface area (Å²) in [5.74, 6) is 2.20. The van der Waals surface area contributed by atoms with Gasteiger partial charge in [-0.15, -0.1) is 0 Å². The lowest BCUT2D eigenvalue weighted by Gasteiger charge is -2.26. The van der Waals surface area contributed by atoms with Crippen molar-refractivity contribution in [1.82, 2.24) is 15.1 Å². The first-order valence-electron chi connectivity index (χ1n) is 7.84. The largest absolute Gasteiger partial charge is 0.357 e. The molecule has 0 spiro atoms. The van der Waals surface area contributed by atoms with Crippen molar-refractivity contribution in [1.29, 1.82) is 0 Å². The van der Waals surface area contributed by atoms with Crippen molar-refractivity contribution in [2.75, 3.05) is 18.0 Å².